The smallest absolute Gasteiger partial charge is 0.324 e. The summed E-state index contributed by atoms with van der Waals surface area (Å²) in [6.07, 6.45) is 0.905. The summed E-state index contributed by atoms with van der Waals surface area (Å²) in [5.41, 5.74) is 0.824. The fourth-order valence-electron chi connectivity index (χ4n) is 1.20. The summed E-state index contributed by atoms with van der Waals surface area (Å²) in [6, 6.07) is 1.52. The maximum atomic E-state index is 11.2. The molecule has 0 aliphatic heterocycles. The van der Waals surface area contributed by atoms with Gasteiger partial charge in [-0.25, -0.2) is 0 Å². The zero-order chi connectivity index (χ0) is 12.7. The third-order valence-electron chi connectivity index (χ3n) is 2.01. The molecule has 0 radical (unpaired) electrons. The maximum Gasteiger partial charge on any atom is 0.324 e. The van der Waals surface area contributed by atoms with E-state index < -0.39 is 4.92 Å². The van der Waals surface area contributed by atoms with Gasteiger partial charge in [0.15, 0.2) is 0 Å². The summed E-state index contributed by atoms with van der Waals surface area (Å²) < 4.78 is 0. The Morgan fingerprint density at radius 2 is 2.35 bits per heavy atom. The van der Waals surface area contributed by atoms with Crippen LogP contribution < -0.4 is 10.6 Å². The average Bonchev–Trinajstić information content (AvgIpc) is 2.75. The van der Waals surface area contributed by atoms with E-state index in [1.165, 1.54) is 6.07 Å². The van der Waals surface area contributed by atoms with E-state index >= 15 is 0 Å². The Morgan fingerprint density at radius 3 is 2.94 bits per heavy atom. The predicted molar refractivity (Wildman–Crippen MR) is 66.0 cm³/mol. The van der Waals surface area contributed by atoms with Gasteiger partial charge < -0.3 is 10.6 Å². The van der Waals surface area contributed by atoms with Gasteiger partial charge in [-0.2, -0.15) is 0 Å². The van der Waals surface area contributed by atoms with Crippen LogP contribution in [-0.4, -0.2) is 23.9 Å². The molecule has 0 aliphatic carbocycles. The molecular weight excluding hydrogens is 242 g/mol. The average molecular weight is 257 g/mol. The molecular formula is C10H15N3O3S. The summed E-state index contributed by atoms with van der Waals surface area (Å²) in [7, 11) is 0. The van der Waals surface area contributed by atoms with E-state index in [0.29, 0.717) is 13.1 Å². The van der Waals surface area contributed by atoms with Crippen LogP contribution in [0.2, 0.25) is 0 Å². The lowest BCUT2D eigenvalue weighted by molar-refractivity contribution is -0.380. The minimum atomic E-state index is -0.415. The molecule has 0 saturated carbocycles. The topological polar surface area (TPSA) is 84.3 Å². The van der Waals surface area contributed by atoms with E-state index in [1.807, 2.05) is 6.92 Å². The number of nitrogens with one attached hydrogen (secondary N) is 2. The van der Waals surface area contributed by atoms with Crippen molar-refractivity contribution in [3.63, 3.8) is 0 Å². The van der Waals surface area contributed by atoms with Crippen molar-refractivity contribution in [3.05, 3.63) is 27.1 Å². The van der Waals surface area contributed by atoms with Crippen LogP contribution in [0, 0.1) is 10.1 Å². The highest BCUT2D eigenvalue weighted by atomic mass is 32.1. The summed E-state index contributed by atoms with van der Waals surface area (Å²) in [5, 5.41) is 18.0. The van der Waals surface area contributed by atoms with Crippen LogP contribution in [-0.2, 0) is 11.3 Å². The Morgan fingerprint density at radius 1 is 1.59 bits per heavy atom. The quantitative estimate of drug-likeness (QED) is 0.569. The molecule has 1 aromatic rings. The van der Waals surface area contributed by atoms with Crippen LogP contribution in [0.4, 0.5) is 5.00 Å². The Bertz CT molecular complexity index is 392. The van der Waals surface area contributed by atoms with Gasteiger partial charge in [0.1, 0.15) is 0 Å². The number of nitro groups is 1. The van der Waals surface area contributed by atoms with Crippen LogP contribution in [0.5, 0.6) is 0 Å². The van der Waals surface area contributed by atoms with Gasteiger partial charge in [0.05, 0.1) is 11.5 Å². The molecule has 0 aromatic carbocycles. The zero-order valence-corrected chi connectivity index (χ0v) is 10.4. The lowest BCUT2D eigenvalue weighted by Gasteiger charge is -2.04. The molecule has 2 N–H and O–H groups in total. The Kier molecular flexibility index (Phi) is 5.58. The molecule has 1 heterocycles. The van der Waals surface area contributed by atoms with E-state index in [2.05, 4.69) is 10.6 Å². The van der Waals surface area contributed by atoms with Crippen LogP contribution in [0.15, 0.2) is 11.4 Å². The van der Waals surface area contributed by atoms with E-state index in [-0.39, 0.29) is 17.5 Å². The highest BCUT2D eigenvalue weighted by Gasteiger charge is 2.09. The fraction of sp³-hybridized carbons (Fsp3) is 0.500. The van der Waals surface area contributed by atoms with Crippen molar-refractivity contribution < 1.29 is 9.72 Å². The number of thiophene rings is 1. The van der Waals surface area contributed by atoms with E-state index in [4.69, 9.17) is 0 Å². The lowest BCUT2D eigenvalue weighted by atomic mass is 10.3. The highest BCUT2D eigenvalue weighted by Crippen LogP contribution is 2.22. The highest BCUT2D eigenvalue weighted by molar-refractivity contribution is 7.13. The van der Waals surface area contributed by atoms with Gasteiger partial charge in [-0.3, -0.25) is 14.9 Å². The molecule has 17 heavy (non-hydrogen) atoms. The van der Waals surface area contributed by atoms with Crippen molar-refractivity contribution in [3.8, 4) is 0 Å². The first-order valence-corrected chi connectivity index (χ1v) is 6.20. The molecule has 0 bridgehead atoms. The van der Waals surface area contributed by atoms with Gasteiger partial charge in [0.2, 0.25) is 5.91 Å². The predicted octanol–water partition coefficient (Wildman–Crippen LogP) is 1.27. The number of nitrogens with zero attached hydrogens (tertiary/aromatic N) is 1. The molecule has 1 amide bonds. The zero-order valence-electron chi connectivity index (χ0n) is 9.56. The first-order valence-electron chi connectivity index (χ1n) is 5.32. The van der Waals surface area contributed by atoms with Gasteiger partial charge in [-0.15, -0.1) is 0 Å². The summed E-state index contributed by atoms with van der Waals surface area (Å²) in [5.74, 6) is -0.0587. The van der Waals surface area contributed by atoms with Crippen LogP contribution in [0.25, 0.3) is 0 Å². The molecule has 1 rings (SSSR count). The molecule has 0 saturated heterocycles. The summed E-state index contributed by atoms with van der Waals surface area (Å²) in [6.45, 7) is 3.34. The second-order valence-electron chi connectivity index (χ2n) is 3.50. The van der Waals surface area contributed by atoms with Crippen LogP contribution >= 0.6 is 11.3 Å². The molecule has 0 unspecified atom stereocenters. The van der Waals surface area contributed by atoms with Crippen LogP contribution in [0.3, 0.4) is 0 Å². The number of carbonyl (C=O) groups is 1. The van der Waals surface area contributed by atoms with Gasteiger partial charge in [-0.1, -0.05) is 18.3 Å². The molecule has 94 valence electrons. The third-order valence-corrected chi connectivity index (χ3v) is 2.94. The van der Waals surface area contributed by atoms with Gasteiger partial charge in [-0.05, 0) is 12.0 Å². The number of rotatable bonds is 7. The molecule has 1 aromatic heterocycles. The number of hydrogen-bond donors (Lipinski definition) is 2. The number of carbonyl (C=O) groups excluding carboxylic acids is 1. The summed E-state index contributed by atoms with van der Waals surface area (Å²) in [4.78, 5) is 21.3. The van der Waals surface area contributed by atoms with Crippen molar-refractivity contribution in [2.45, 2.75) is 19.9 Å². The van der Waals surface area contributed by atoms with Crippen molar-refractivity contribution in [2.75, 3.05) is 13.1 Å². The molecule has 0 atom stereocenters. The number of hydrogen-bond acceptors (Lipinski definition) is 5. The molecule has 0 aliphatic rings. The van der Waals surface area contributed by atoms with Crippen molar-refractivity contribution in [1.29, 1.82) is 0 Å². The third kappa shape index (κ3) is 4.92. The second kappa shape index (κ2) is 6.97. The van der Waals surface area contributed by atoms with E-state index in [1.54, 1.807) is 5.38 Å². The van der Waals surface area contributed by atoms with E-state index in [0.717, 1.165) is 23.3 Å². The Balaban J connectivity index is 2.26. The van der Waals surface area contributed by atoms with Gasteiger partial charge in [0, 0.05) is 24.5 Å². The second-order valence-corrected chi connectivity index (χ2v) is 4.39. The summed E-state index contributed by atoms with van der Waals surface area (Å²) >= 11 is 1.09. The fourth-order valence-corrected chi connectivity index (χ4v) is 1.93. The SMILES string of the molecule is CCCNC(=O)CNCc1csc([N+](=O)[O-])c1. The van der Waals surface area contributed by atoms with Crippen LogP contribution in [0.1, 0.15) is 18.9 Å². The minimum Gasteiger partial charge on any atom is -0.355 e. The first-order chi connectivity index (χ1) is 8.13. The maximum absolute atomic E-state index is 11.2. The molecule has 6 nitrogen and oxygen atoms in total. The van der Waals surface area contributed by atoms with E-state index in [9.17, 15) is 14.9 Å². The minimum absolute atomic E-state index is 0.0587. The van der Waals surface area contributed by atoms with Gasteiger partial charge >= 0.3 is 5.00 Å². The number of amides is 1. The molecule has 0 fully saturated rings. The monoisotopic (exact) mass is 257 g/mol. The van der Waals surface area contributed by atoms with Crippen molar-refractivity contribution in [1.82, 2.24) is 10.6 Å². The normalized spacial score (nSPS) is 10.2. The van der Waals surface area contributed by atoms with Crippen molar-refractivity contribution >= 4 is 22.2 Å². The molecule has 7 heteroatoms. The first kappa shape index (κ1) is 13.6. The Hall–Kier alpha value is -1.47. The van der Waals surface area contributed by atoms with Gasteiger partial charge in [0.25, 0.3) is 0 Å². The van der Waals surface area contributed by atoms with Crippen molar-refractivity contribution in [2.24, 2.45) is 0 Å². The lowest BCUT2D eigenvalue weighted by Crippen LogP contribution is -2.33. The largest absolute Gasteiger partial charge is 0.355 e. The Labute approximate surface area is 103 Å². The standard InChI is InChI=1S/C10H15N3O3S/c1-2-3-12-9(14)6-11-5-8-4-10(13(15)16)17-7-8/h4,7,11H,2-3,5-6H2,1H3,(H,12,14). The molecule has 0 spiro atoms.